The van der Waals surface area contributed by atoms with E-state index in [1.165, 1.54) is 19.3 Å². The lowest BCUT2D eigenvalue weighted by Crippen LogP contribution is -2.30. The van der Waals surface area contributed by atoms with Crippen molar-refractivity contribution in [1.29, 1.82) is 0 Å². The van der Waals surface area contributed by atoms with E-state index in [0.29, 0.717) is 0 Å². The van der Waals surface area contributed by atoms with Crippen molar-refractivity contribution >= 4 is 0 Å². The first-order chi connectivity index (χ1) is 5.77. The molecule has 0 unspecified atom stereocenters. The zero-order valence-electron chi connectivity index (χ0n) is 7.90. The van der Waals surface area contributed by atoms with Gasteiger partial charge in [0.2, 0.25) is 0 Å². The fraction of sp³-hybridized carbons (Fsp3) is 0.818. The molecule has 0 radical (unpaired) electrons. The molecular weight excluding hydrogens is 148 g/mol. The van der Waals surface area contributed by atoms with Crippen molar-refractivity contribution in [2.45, 2.75) is 57.5 Å². The van der Waals surface area contributed by atoms with E-state index in [2.05, 4.69) is 11.8 Å². The molecule has 1 heteroatoms. The van der Waals surface area contributed by atoms with E-state index >= 15 is 0 Å². The molecule has 1 N–H and O–H groups in total. The molecule has 0 heterocycles. The van der Waals surface area contributed by atoms with Gasteiger partial charge in [-0.1, -0.05) is 19.3 Å². The van der Waals surface area contributed by atoms with Crippen LogP contribution in [0.25, 0.3) is 0 Å². The minimum absolute atomic E-state index is 0.373. The molecule has 12 heavy (non-hydrogen) atoms. The average molecular weight is 166 g/mol. The first kappa shape index (κ1) is 9.61. The second kappa shape index (κ2) is 4.52. The Morgan fingerprint density at radius 3 is 2.50 bits per heavy atom. The summed E-state index contributed by atoms with van der Waals surface area (Å²) in [6.45, 7) is 1.85. The van der Waals surface area contributed by atoms with Crippen LogP contribution in [0.5, 0.6) is 0 Å². The van der Waals surface area contributed by atoms with Crippen LogP contribution in [0.2, 0.25) is 0 Å². The molecule has 0 aromatic rings. The molecule has 1 aliphatic rings. The van der Waals surface area contributed by atoms with Gasteiger partial charge < -0.3 is 5.11 Å². The third kappa shape index (κ3) is 2.87. The van der Waals surface area contributed by atoms with E-state index in [1.807, 2.05) is 6.92 Å². The topological polar surface area (TPSA) is 20.2 Å². The maximum atomic E-state index is 10.0. The highest BCUT2D eigenvalue weighted by Crippen LogP contribution is 2.31. The standard InChI is InChI=1S/C11H18O/c1-2-3-5-8-11(12)9-6-4-7-10-11/h12H,4-10H2,1H3. The molecule has 0 aromatic carbocycles. The highest BCUT2D eigenvalue weighted by molar-refractivity contribution is 4.97. The molecule has 1 nitrogen and oxygen atoms in total. The van der Waals surface area contributed by atoms with E-state index in [4.69, 9.17) is 0 Å². The van der Waals surface area contributed by atoms with Crippen LogP contribution in [0.1, 0.15) is 51.9 Å². The van der Waals surface area contributed by atoms with Crippen molar-refractivity contribution in [2.24, 2.45) is 0 Å². The third-order valence-electron chi connectivity index (χ3n) is 2.68. The van der Waals surface area contributed by atoms with Gasteiger partial charge in [0.05, 0.1) is 5.60 Å². The predicted octanol–water partition coefficient (Wildman–Crippen LogP) is 2.49. The SMILES string of the molecule is CC#CCCC1(O)CCCCC1. The van der Waals surface area contributed by atoms with Gasteiger partial charge in [-0.25, -0.2) is 0 Å². The summed E-state index contributed by atoms with van der Waals surface area (Å²) < 4.78 is 0. The lowest BCUT2D eigenvalue weighted by atomic mass is 9.82. The predicted molar refractivity (Wildman–Crippen MR) is 50.7 cm³/mol. The molecule has 1 saturated carbocycles. The third-order valence-corrected chi connectivity index (χ3v) is 2.68. The van der Waals surface area contributed by atoms with E-state index in [-0.39, 0.29) is 5.60 Å². The van der Waals surface area contributed by atoms with Gasteiger partial charge in [-0.15, -0.1) is 11.8 Å². The summed E-state index contributed by atoms with van der Waals surface area (Å²) in [5.74, 6) is 5.87. The van der Waals surface area contributed by atoms with Crippen LogP contribution >= 0.6 is 0 Å². The van der Waals surface area contributed by atoms with Crippen LogP contribution in [0, 0.1) is 11.8 Å². The highest BCUT2D eigenvalue weighted by atomic mass is 16.3. The Kier molecular flexibility index (Phi) is 3.62. The van der Waals surface area contributed by atoms with Crippen LogP contribution in [-0.2, 0) is 0 Å². The smallest absolute Gasteiger partial charge is 0.0656 e. The quantitative estimate of drug-likeness (QED) is 0.625. The van der Waals surface area contributed by atoms with Crippen molar-refractivity contribution < 1.29 is 5.11 Å². The molecule has 1 rings (SSSR count). The van der Waals surface area contributed by atoms with Crippen LogP contribution in [0.15, 0.2) is 0 Å². The minimum atomic E-state index is -0.373. The summed E-state index contributed by atoms with van der Waals surface area (Å²) in [6.07, 6.45) is 7.37. The van der Waals surface area contributed by atoms with Gasteiger partial charge in [0.25, 0.3) is 0 Å². The molecule has 1 fully saturated rings. The van der Waals surface area contributed by atoms with Gasteiger partial charge in [-0.2, -0.15) is 0 Å². The fourth-order valence-electron chi connectivity index (χ4n) is 1.88. The van der Waals surface area contributed by atoms with Crippen molar-refractivity contribution in [1.82, 2.24) is 0 Å². The van der Waals surface area contributed by atoms with Gasteiger partial charge in [0.15, 0.2) is 0 Å². The largest absolute Gasteiger partial charge is 0.390 e. The summed E-state index contributed by atoms with van der Waals surface area (Å²) in [7, 11) is 0. The number of hydrogen-bond donors (Lipinski definition) is 1. The van der Waals surface area contributed by atoms with E-state index < -0.39 is 0 Å². The maximum absolute atomic E-state index is 10.0. The van der Waals surface area contributed by atoms with Gasteiger partial charge >= 0.3 is 0 Å². The summed E-state index contributed by atoms with van der Waals surface area (Å²) in [6, 6.07) is 0. The Morgan fingerprint density at radius 2 is 1.92 bits per heavy atom. The van der Waals surface area contributed by atoms with E-state index in [9.17, 15) is 5.11 Å². The molecule has 0 spiro atoms. The zero-order chi connectivity index (χ0) is 8.86. The van der Waals surface area contributed by atoms with Gasteiger partial charge in [-0.05, 0) is 26.2 Å². The Bertz CT molecular complexity index is 179. The van der Waals surface area contributed by atoms with Crippen molar-refractivity contribution in [3.05, 3.63) is 0 Å². The molecular formula is C11H18O. The average Bonchev–Trinajstić information content (AvgIpc) is 2.06. The lowest BCUT2D eigenvalue weighted by molar-refractivity contribution is -0.00236. The zero-order valence-corrected chi connectivity index (χ0v) is 7.90. The maximum Gasteiger partial charge on any atom is 0.0656 e. The van der Waals surface area contributed by atoms with Gasteiger partial charge in [0, 0.05) is 6.42 Å². The Labute approximate surface area is 75.2 Å². The molecule has 1 aliphatic carbocycles. The molecule has 0 amide bonds. The summed E-state index contributed by atoms with van der Waals surface area (Å²) in [5, 5.41) is 10.0. The summed E-state index contributed by atoms with van der Waals surface area (Å²) >= 11 is 0. The normalized spacial score (nSPS) is 21.2. The van der Waals surface area contributed by atoms with Crippen LogP contribution in [0.4, 0.5) is 0 Å². The Hall–Kier alpha value is -0.480. The Morgan fingerprint density at radius 1 is 1.25 bits per heavy atom. The van der Waals surface area contributed by atoms with E-state index in [0.717, 1.165) is 25.7 Å². The Balaban J connectivity index is 2.29. The monoisotopic (exact) mass is 166 g/mol. The number of hydrogen-bond acceptors (Lipinski definition) is 1. The van der Waals surface area contributed by atoms with Crippen molar-refractivity contribution in [3.63, 3.8) is 0 Å². The molecule has 0 aliphatic heterocycles. The number of aliphatic hydroxyl groups is 1. The van der Waals surface area contributed by atoms with E-state index in [1.54, 1.807) is 0 Å². The molecule has 0 aromatic heterocycles. The highest BCUT2D eigenvalue weighted by Gasteiger charge is 2.27. The summed E-state index contributed by atoms with van der Waals surface area (Å²) in [5.41, 5.74) is -0.373. The second-order valence-corrected chi connectivity index (χ2v) is 3.71. The fourth-order valence-corrected chi connectivity index (χ4v) is 1.88. The molecule has 0 saturated heterocycles. The lowest BCUT2D eigenvalue weighted by Gasteiger charge is -2.31. The molecule has 0 atom stereocenters. The molecule has 68 valence electrons. The van der Waals surface area contributed by atoms with Gasteiger partial charge in [0.1, 0.15) is 0 Å². The first-order valence-corrected chi connectivity index (χ1v) is 4.89. The van der Waals surface area contributed by atoms with Crippen LogP contribution in [0.3, 0.4) is 0 Å². The minimum Gasteiger partial charge on any atom is -0.390 e. The van der Waals surface area contributed by atoms with Crippen LogP contribution in [-0.4, -0.2) is 10.7 Å². The van der Waals surface area contributed by atoms with Crippen molar-refractivity contribution in [2.75, 3.05) is 0 Å². The second-order valence-electron chi connectivity index (χ2n) is 3.71. The molecule has 0 bridgehead atoms. The van der Waals surface area contributed by atoms with Gasteiger partial charge in [-0.3, -0.25) is 0 Å². The van der Waals surface area contributed by atoms with Crippen LogP contribution < -0.4 is 0 Å². The first-order valence-electron chi connectivity index (χ1n) is 4.89. The summed E-state index contributed by atoms with van der Waals surface area (Å²) in [4.78, 5) is 0. The van der Waals surface area contributed by atoms with Crippen molar-refractivity contribution in [3.8, 4) is 11.8 Å². The number of rotatable bonds is 2.